The monoisotopic (exact) mass is 644 g/mol. The quantitative estimate of drug-likeness (QED) is 0.0489. The van der Waals surface area contributed by atoms with Crippen molar-refractivity contribution in [3.63, 3.8) is 0 Å². The lowest BCUT2D eigenvalue weighted by Crippen LogP contribution is -2.61. The van der Waals surface area contributed by atoms with Crippen LogP contribution in [0.1, 0.15) is 79.6 Å². The van der Waals surface area contributed by atoms with E-state index in [-0.39, 0.29) is 23.2 Å². The first-order valence-corrected chi connectivity index (χ1v) is 17.0. The molecule has 4 fully saturated rings. The van der Waals surface area contributed by atoms with Gasteiger partial charge in [0.1, 0.15) is 12.2 Å². The molecule has 0 saturated heterocycles. The molecule has 0 spiro atoms. The smallest absolute Gasteiger partial charge is 0.283 e. The maximum absolute atomic E-state index is 12.1. The Balaban J connectivity index is 1.64. The van der Waals surface area contributed by atoms with Crippen molar-refractivity contribution in [3.8, 4) is 0 Å². The number of allylic oxidation sites excluding steroid dienone is 2. The maximum Gasteiger partial charge on any atom is 0.397 e. The van der Waals surface area contributed by atoms with Crippen molar-refractivity contribution >= 4 is 35.0 Å². The van der Waals surface area contributed by atoms with Crippen molar-refractivity contribution in [1.29, 1.82) is 0 Å². The van der Waals surface area contributed by atoms with Gasteiger partial charge in [-0.25, -0.2) is 14.7 Å². The van der Waals surface area contributed by atoms with E-state index in [4.69, 9.17) is 23.1 Å². The van der Waals surface area contributed by atoms with Gasteiger partial charge in [-0.2, -0.15) is 8.42 Å². The van der Waals surface area contributed by atoms with Crippen molar-refractivity contribution in [1.82, 2.24) is 0 Å². The molecule has 3 N–H and O–H groups in total. The molecule has 12 nitrogen and oxygen atoms in total. The fraction of sp³-hybridized carbons (Fsp3) is 0.923. The van der Waals surface area contributed by atoms with Crippen molar-refractivity contribution in [3.05, 3.63) is 12.2 Å². The zero-order chi connectivity index (χ0) is 30.0. The van der Waals surface area contributed by atoms with Gasteiger partial charge in [0.15, 0.2) is 24.6 Å². The molecule has 0 aromatic heterocycles. The van der Waals surface area contributed by atoms with Crippen molar-refractivity contribution in [2.75, 3.05) is 0 Å². The van der Waals surface area contributed by atoms with E-state index >= 15 is 0 Å². The Morgan fingerprint density at radius 1 is 0.829 bits per heavy atom. The number of hydrogen-bond donors (Lipinski definition) is 3. The van der Waals surface area contributed by atoms with E-state index in [1.165, 1.54) is 0 Å². The molecule has 4 aliphatic carbocycles. The van der Waals surface area contributed by atoms with E-state index in [0.717, 1.165) is 25.7 Å². The summed E-state index contributed by atoms with van der Waals surface area (Å²) in [7, 11) is -4.72. The summed E-state index contributed by atoms with van der Waals surface area (Å²) < 4.78 is 59.7. The van der Waals surface area contributed by atoms with Crippen LogP contribution >= 0.6 is 24.6 Å². The van der Waals surface area contributed by atoms with Gasteiger partial charge < -0.3 is 0 Å². The van der Waals surface area contributed by atoms with Crippen LogP contribution in [0.2, 0.25) is 0 Å². The molecule has 0 aliphatic heterocycles. The molecular weight excluding hydrogens is 600 g/mol. The Morgan fingerprint density at radius 3 is 2.07 bits per heavy atom. The molecule has 0 radical (unpaired) electrons. The fourth-order valence-electron chi connectivity index (χ4n) is 9.31. The van der Waals surface area contributed by atoms with Gasteiger partial charge in [0, 0.05) is 0 Å². The second-order valence-electron chi connectivity index (χ2n) is 13.1. The van der Waals surface area contributed by atoms with E-state index < -0.39 is 34.1 Å². The third-order valence-corrected chi connectivity index (χ3v) is 12.2. The molecule has 0 heterocycles. The highest BCUT2D eigenvalue weighted by Gasteiger charge is 2.64. The maximum atomic E-state index is 12.1. The average Bonchev–Trinajstić information content (AvgIpc) is 3.24. The molecule has 0 aromatic rings. The van der Waals surface area contributed by atoms with Crippen LogP contribution in [0.25, 0.3) is 0 Å². The minimum Gasteiger partial charge on any atom is -0.283 e. The van der Waals surface area contributed by atoms with E-state index in [9.17, 15) is 13.0 Å². The minimum absolute atomic E-state index is 0.115. The van der Waals surface area contributed by atoms with Crippen LogP contribution in [0.5, 0.6) is 0 Å². The van der Waals surface area contributed by atoms with Crippen LogP contribution in [0.3, 0.4) is 0 Å². The first kappa shape index (κ1) is 33.9. The second-order valence-corrected chi connectivity index (χ2v) is 15.1. The number of rotatable bonds is 13. The third kappa shape index (κ3) is 7.45. The Kier molecular flexibility index (Phi) is 11.5. The Labute approximate surface area is 251 Å². The summed E-state index contributed by atoms with van der Waals surface area (Å²) in [5, 5.41) is 24.4. The van der Waals surface area contributed by atoms with E-state index in [2.05, 4.69) is 65.5 Å². The molecule has 15 heteroatoms. The molecule has 0 amide bonds. The highest BCUT2D eigenvalue weighted by atomic mass is 32.3. The summed E-state index contributed by atoms with van der Waals surface area (Å²) in [6, 6.07) is 0. The summed E-state index contributed by atoms with van der Waals surface area (Å²) in [6.07, 6.45) is 8.19. The number of fused-ring (bicyclic) bond motifs is 5. The predicted molar refractivity (Wildman–Crippen MR) is 150 cm³/mol. The molecule has 0 bridgehead atoms. The van der Waals surface area contributed by atoms with Crippen LogP contribution in [-0.2, 0) is 41.7 Å². The summed E-state index contributed by atoms with van der Waals surface area (Å²) in [5.74, 6) is 2.05. The molecule has 0 aromatic carbocycles. The van der Waals surface area contributed by atoms with E-state index in [0.29, 0.717) is 67.6 Å². The minimum atomic E-state index is -4.72. The highest BCUT2D eigenvalue weighted by molar-refractivity contribution is 7.90. The Hall–Kier alpha value is -0.0100. The Morgan fingerprint density at radius 2 is 1.46 bits per heavy atom. The number of hydrogen-bond acceptors (Lipinski definition) is 13. The highest BCUT2D eigenvalue weighted by Crippen LogP contribution is 2.69. The first-order chi connectivity index (χ1) is 19.3. The van der Waals surface area contributed by atoms with E-state index in [1.54, 1.807) is 0 Å². The summed E-state index contributed by atoms with van der Waals surface area (Å²) in [4.78, 5) is 0. The summed E-state index contributed by atoms with van der Waals surface area (Å²) in [5.41, 5.74) is -0.310. The van der Waals surface area contributed by atoms with Crippen LogP contribution in [-0.4, -0.2) is 41.8 Å². The molecule has 41 heavy (non-hydrogen) atoms. The van der Waals surface area contributed by atoms with Gasteiger partial charge >= 0.3 is 10.4 Å². The van der Waals surface area contributed by atoms with Crippen molar-refractivity contribution in [2.24, 2.45) is 52.3 Å². The van der Waals surface area contributed by atoms with Gasteiger partial charge in [0.25, 0.3) is 0 Å². The van der Waals surface area contributed by atoms with Gasteiger partial charge in [-0.05, 0) is 97.2 Å². The normalized spacial score (nSPS) is 41.8. The van der Waals surface area contributed by atoms with Gasteiger partial charge in [-0.3, -0.25) is 12.9 Å². The SMILES string of the molecule is CC(C)/C=C/C(C)C1CCC2C3CC(OS(=O)(=O)O)C4CC(OSOOO)C(OSOOO)CC4(C)C3CCC12C. The molecule has 11 unspecified atom stereocenters. The molecule has 11 atom stereocenters. The molecule has 4 saturated carbocycles. The second kappa shape index (κ2) is 14.0. The fourth-order valence-corrected chi connectivity index (χ4v) is 10.5. The van der Waals surface area contributed by atoms with E-state index in [1.807, 2.05) is 0 Å². The standard InChI is InChI=1S/C26H44O12S3/c1-15(2)6-7-16(3)18-8-9-19-17-12-22(34-41(29,30)31)21-13-23(32-39-37-35-27)24(33-40-38-36-28)14-26(21,5)20(17)10-11-25(18,19)4/h6-7,15-24,27-28H,8-14H2,1-5H3,(H,29,30,31)/b7-6+. The average molecular weight is 645 g/mol. The molecule has 238 valence electrons. The van der Waals surface area contributed by atoms with Gasteiger partial charge in [-0.15, -0.1) is 8.67 Å². The van der Waals surface area contributed by atoms with Crippen molar-refractivity contribution in [2.45, 2.75) is 97.9 Å². The van der Waals surface area contributed by atoms with Gasteiger partial charge in [0.05, 0.1) is 6.10 Å². The lowest BCUT2D eigenvalue weighted by Gasteiger charge is -2.63. The third-order valence-electron chi connectivity index (χ3n) is 10.8. The molecular formula is C26H44O12S3. The largest absolute Gasteiger partial charge is 0.397 e. The van der Waals surface area contributed by atoms with Crippen LogP contribution in [0, 0.1) is 52.3 Å². The predicted octanol–water partition coefficient (Wildman–Crippen LogP) is 6.64. The van der Waals surface area contributed by atoms with Crippen molar-refractivity contribution < 1.29 is 54.8 Å². The molecule has 4 aliphatic rings. The van der Waals surface area contributed by atoms with Crippen LogP contribution in [0.4, 0.5) is 0 Å². The summed E-state index contributed by atoms with van der Waals surface area (Å²) >= 11 is 0.851. The molecule has 4 rings (SSSR count). The lowest BCUT2D eigenvalue weighted by atomic mass is 9.43. The Bertz CT molecular complexity index is 998. The van der Waals surface area contributed by atoms with Gasteiger partial charge in [-0.1, -0.05) is 56.8 Å². The zero-order valence-corrected chi connectivity index (χ0v) is 26.6. The topological polar surface area (TPSA) is 159 Å². The van der Waals surface area contributed by atoms with Crippen LogP contribution < -0.4 is 0 Å². The van der Waals surface area contributed by atoms with Gasteiger partial charge in [0.2, 0.25) is 0 Å². The van der Waals surface area contributed by atoms with Crippen LogP contribution in [0.15, 0.2) is 12.2 Å². The summed E-state index contributed by atoms with van der Waals surface area (Å²) in [6.45, 7) is 11.3. The zero-order valence-electron chi connectivity index (χ0n) is 24.1. The lowest BCUT2D eigenvalue weighted by molar-refractivity contribution is -0.435. The first-order valence-electron chi connectivity index (χ1n) is 14.3.